The van der Waals surface area contributed by atoms with Crippen molar-refractivity contribution in [3.63, 3.8) is 0 Å². The van der Waals surface area contributed by atoms with Gasteiger partial charge in [-0.05, 0) is 66.7 Å². The standard InChI is InChI=1S/C22H22N2O2S/c1-3-15(2)26-20-10-6-9-18(14-20)21(25)24-22(27)23-19-12-11-16-7-4-5-8-17(16)13-19/h4-15H,3H2,1-2H3,(H2,23,24,25,27). The first kappa shape index (κ1) is 18.9. The van der Waals surface area contributed by atoms with Gasteiger partial charge in [-0.3, -0.25) is 10.1 Å². The molecule has 4 nitrogen and oxygen atoms in total. The molecular formula is C22H22N2O2S. The van der Waals surface area contributed by atoms with Gasteiger partial charge >= 0.3 is 0 Å². The molecule has 0 aliphatic rings. The molecule has 2 N–H and O–H groups in total. The number of anilines is 1. The van der Waals surface area contributed by atoms with Crippen LogP contribution < -0.4 is 15.4 Å². The molecule has 27 heavy (non-hydrogen) atoms. The minimum atomic E-state index is -0.275. The number of fused-ring (bicyclic) bond motifs is 1. The average molecular weight is 378 g/mol. The van der Waals surface area contributed by atoms with E-state index in [4.69, 9.17) is 17.0 Å². The molecule has 0 aliphatic carbocycles. The van der Waals surface area contributed by atoms with Crippen LogP contribution in [0.2, 0.25) is 0 Å². The molecule has 3 aromatic rings. The van der Waals surface area contributed by atoms with E-state index in [1.165, 1.54) is 0 Å². The topological polar surface area (TPSA) is 50.4 Å². The van der Waals surface area contributed by atoms with Crippen LogP contribution in [0.4, 0.5) is 5.69 Å². The van der Waals surface area contributed by atoms with Crippen molar-refractivity contribution in [3.05, 3.63) is 72.3 Å². The van der Waals surface area contributed by atoms with Crippen molar-refractivity contribution in [3.8, 4) is 5.75 Å². The summed E-state index contributed by atoms with van der Waals surface area (Å²) in [5, 5.41) is 8.28. The molecule has 3 rings (SSSR count). The van der Waals surface area contributed by atoms with Crippen molar-refractivity contribution in [2.24, 2.45) is 0 Å². The summed E-state index contributed by atoms with van der Waals surface area (Å²) in [6, 6.07) is 21.1. The number of nitrogens with one attached hydrogen (secondary N) is 2. The minimum Gasteiger partial charge on any atom is -0.491 e. The zero-order valence-electron chi connectivity index (χ0n) is 15.4. The van der Waals surface area contributed by atoms with E-state index in [2.05, 4.69) is 17.6 Å². The molecule has 1 atom stereocenters. The number of hydrogen-bond donors (Lipinski definition) is 2. The number of carbonyl (C=O) groups excluding carboxylic acids is 1. The number of benzene rings is 3. The summed E-state index contributed by atoms with van der Waals surface area (Å²) in [6.07, 6.45) is 0.995. The second-order valence-electron chi connectivity index (χ2n) is 6.33. The lowest BCUT2D eigenvalue weighted by molar-refractivity contribution is 0.0977. The number of amides is 1. The highest BCUT2D eigenvalue weighted by Crippen LogP contribution is 2.19. The Morgan fingerprint density at radius 3 is 2.59 bits per heavy atom. The first-order valence-corrected chi connectivity index (χ1v) is 9.34. The summed E-state index contributed by atoms with van der Waals surface area (Å²) >= 11 is 5.28. The molecule has 3 aromatic carbocycles. The van der Waals surface area contributed by atoms with Gasteiger partial charge in [-0.15, -0.1) is 0 Å². The highest BCUT2D eigenvalue weighted by molar-refractivity contribution is 7.80. The zero-order valence-corrected chi connectivity index (χ0v) is 16.2. The van der Waals surface area contributed by atoms with Crippen molar-refractivity contribution in [2.75, 3.05) is 5.32 Å². The van der Waals surface area contributed by atoms with Crippen LogP contribution in [0.5, 0.6) is 5.75 Å². The van der Waals surface area contributed by atoms with E-state index in [9.17, 15) is 4.79 Å². The Bertz CT molecular complexity index is 971. The van der Waals surface area contributed by atoms with Gasteiger partial charge in [-0.25, -0.2) is 0 Å². The van der Waals surface area contributed by atoms with Gasteiger partial charge in [0, 0.05) is 11.3 Å². The van der Waals surface area contributed by atoms with E-state index >= 15 is 0 Å². The third-order valence-electron chi connectivity index (χ3n) is 4.24. The van der Waals surface area contributed by atoms with Crippen molar-refractivity contribution < 1.29 is 9.53 Å². The normalized spacial score (nSPS) is 11.6. The Morgan fingerprint density at radius 2 is 1.81 bits per heavy atom. The van der Waals surface area contributed by atoms with Crippen molar-refractivity contribution >= 4 is 39.7 Å². The van der Waals surface area contributed by atoms with Crippen LogP contribution in [0.1, 0.15) is 30.6 Å². The zero-order chi connectivity index (χ0) is 19.2. The summed E-state index contributed by atoms with van der Waals surface area (Å²) in [5.41, 5.74) is 1.33. The Morgan fingerprint density at radius 1 is 1.04 bits per heavy atom. The molecule has 0 bridgehead atoms. The first-order valence-electron chi connectivity index (χ1n) is 8.93. The molecule has 0 spiro atoms. The molecule has 0 aliphatic heterocycles. The lowest BCUT2D eigenvalue weighted by Gasteiger charge is -2.14. The van der Waals surface area contributed by atoms with Gasteiger partial charge < -0.3 is 10.1 Å². The van der Waals surface area contributed by atoms with Crippen LogP contribution in [-0.2, 0) is 0 Å². The summed E-state index contributed by atoms with van der Waals surface area (Å²) in [5.74, 6) is 0.397. The predicted octanol–water partition coefficient (Wildman–Crippen LogP) is 5.14. The number of ether oxygens (including phenoxy) is 1. The van der Waals surface area contributed by atoms with Gasteiger partial charge in [0.15, 0.2) is 5.11 Å². The highest BCUT2D eigenvalue weighted by Gasteiger charge is 2.10. The van der Waals surface area contributed by atoms with E-state index in [0.29, 0.717) is 11.3 Å². The van der Waals surface area contributed by atoms with Crippen LogP contribution >= 0.6 is 12.2 Å². The Labute approximate surface area is 164 Å². The van der Waals surface area contributed by atoms with Gasteiger partial charge in [0.25, 0.3) is 5.91 Å². The number of thiocarbonyl (C=S) groups is 1. The molecule has 0 aromatic heterocycles. The molecule has 0 saturated heterocycles. The van der Waals surface area contributed by atoms with Gasteiger partial charge in [0.05, 0.1) is 6.10 Å². The maximum atomic E-state index is 12.5. The lowest BCUT2D eigenvalue weighted by Crippen LogP contribution is -2.34. The van der Waals surface area contributed by atoms with Crippen LogP contribution in [0.25, 0.3) is 10.8 Å². The second kappa shape index (κ2) is 8.64. The van der Waals surface area contributed by atoms with Crippen molar-refractivity contribution in [1.82, 2.24) is 5.32 Å². The Balaban J connectivity index is 1.64. The van der Waals surface area contributed by atoms with E-state index in [1.807, 2.05) is 55.5 Å². The van der Waals surface area contributed by atoms with E-state index in [1.54, 1.807) is 18.2 Å². The number of rotatable bonds is 5. The van der Waals surface area contributed by atoms with Crippen molar-refractivity contribution in [2.45, 2.75) is 26.4 Å². The van der Waals surface area contributed by atoms with Gasteiger partial charge in [-0.2, -0.15) is 0 Å². The second-order valence-corrected chi connectivity index (χ2v) is 6.74. The molecular weight excluding hydrogens is 356 g/mol. The molecule has 1 unspecified atom stereocenters. The van der Waals surface area contributed by atoms with E-state index in [-0.39, 0.29) is 17.1 Å². The lowest BCUT2D eigenvalue weighted by atomic mass is 10.1. The largest absolute Gasteiger partial charge is 0.491 e. The van der Waals surface area contributed by atoms with Gasteiger partial charge in [0.2, 0.25) is 0 Å². The molecule has 0 heterocycles. The van der Waals surface area contributed by atoms with Crippen molar-refractivity contribution in [1.29, 1.82) is 0 Å². The van der Waals surface area contributed by atoms with Gasteiger partial charge in [0.1, 0.15) is 5.75 Å². The molecule has 5 heteroatoms. The third-order valence-corrected chi connectivity index (χ3v) is 4.45. The predicted molar refractivity (Wildman–Crippen MR) is 114 cm³/mol. The maximum Gasteiger partial charge on any atom is 0.257 e. The quantitative estimate of drug-likeness (QED) is 0.603. The smallest absolute Gasteiger partial charge is 0.257 e. The van der Waals surface area contributed by atoms with Crippen LogP contribution in [0.3, 0.4) is 0 Å². The number of carbonyl (C=O) groups is 1. The van der Waals surface area contributed by atoms with Crippen LogP contribution in [-0.4, -0.2) is 17.1 Å². The summed E-state index contributed by atoms with van der Waals surface area (Å²) in [4.78, 5) is 12.5. The molecule has 0 fully saturated rings. The number of hydrogen-bond acceptors (Lipinski definition) is 3. The van der Waals surface area contributed by atoms with Gasteiger partial charge in [-0.1, -0.05) is 43.3 Å². The molecule has 138 valence electrons. The maximum absolute atomic E-state index is 12.5. The summed E-state index contributed by atoms with van der Waals surface area (Å²) < 4.78 is 5.77. The fourth-order valence-electron chi connectivity index (χ4n) is 2.63. The van der Waals surface area contributed by atoms with E-state index < -0.39 is 0 Å². The molecule has 1 amide bonds. The highest BCUT2D eigenvalue weighted by atomic mass is 32.1. The fraction of sp³-hybridized carbons (Fsp3) is 0.182. The monoisotopic (exact) mass is 378 g/mol. The molecule has 0 radical (unpaired) electrons. The first-order chi connectivity index (χ1) is 13.0. The van der Waals surface area contributed by atoms with E-state index in [0.717, 1.165) is 22.9 Å². The SMILES string of the molecule is CCC(C)Oc1cccc(C(=O)NC(=S)Nc2ccc3ccccc3c2)c1. The summed E-state index contributed by atoms with van der Waals surface area (Å²) in [7, 11) is 0. The fourth-order valence-corrected chi connectivity index (χ4v) is 2.84. The summed E-state index contributed by atoms with van der Waals surface area (Å²) in [6.45, 7) is 4.05. The molecule has 0 saturated carbocycles. The average Bonchev–Trinajstić information content (AvgIpc) is 2.68. The minimum absolute atomic E-state index is 0.0963. The van der Waals surface area contributed by atoms with Crippen LogP contribution in [0.15, 0.2) is 66.7 Å². The van der Waals surface area contributed by atoms with Crippen LogP contribution in [0, 0.1) is 0 Å². The Kier molecular flexibility index (Phi) is 6.04. The third kappa shape index (κ3) is 5.05. The Hall–Kier alpha value is -2.92.